The summed E-state index contributed by atoms with van der Waals surface area (Å²) in [6.07, 6.45) is -4.30. The van der Waals surface area contributed by atoms with Crippen LogP contribution in [0.4, 0.5) is 0 Å². The van der Waals surface area contributed by atoms with Gasteiger partial charge in [-0.3, -0.25) is 4.21 Å². The highest BCUT2D eigenvalue weighted by atomic mass is 32.2. The third-order valence-electron chi connectivity index (χ3n) is 1.64. The van der Waals surface area contributed by atoms with Crippen LogP contribution in [0, 0.1) is 0 Å². The highest BCUT2D eigenvalue weighted by Gasteiger charge is 2.37. The Labute approximate surface area is 71.1 Å². The smallest absolute Gasteiger partial charge is 0.147 e. The van der Waals surface area contributed by atoms with Crippen molar-refractivity contribution in [2.24, 2.45) is 0 Å². The molecule has 1 fully saturated rings. The normalized spacial score (nSPS) is 45.7. The van der Waals surface area contributed by atoms with Gasteiger partial charge in [0.05, 0.1) is 6.61 Å². The van der Waals surface area contributed by atoms with Crippen molar-refractivity contribution in [3.63, 3.8) is 0 Å². The minimum absolute atomic E-state index is 0.295. The van der Waals surface area contributed by atoms with Crippen molar-refractivity contribution < 1.29 is 28.8 Å². The lowest BCUT2D eigenvalue weighted by molar-refractivity contribution is -0.163. The summed E-state index contributed by atoms with van der Waals surface area (Å²) < 4.78 is 25.2. The van der Waals surface area contributed by atoms with E-state index >= 15 is 0 Å². The standard InChI is InChI=1S/C5H10O6S/c6-2-1-11-5(12(9)10)4(8)3(2)7/h2-8H,1H2,(H,9,10)/p-1/t2-,3+,4+,5?/m1/s1. The molecule has 0 bridgehead atoms. The summed E-state index contributed by atoms with van der Waals surface area (Å²) in [4.78, 5) is 0. The first kappa shape index (κ1) is 10.0. The van der Waals surface area contributed by atoms with Crippen molar-refractivity contribution in [2.75, 3.05) is 6.61 Å². The predicted molar refractivity (Wildman–Crippen MR) is 36.7 cm³/mol. The van der Waals surface area contributed by atoms with Crippen LogP contribution in [0.25, 0.3) is 0 Å². The lowest BCUT2D eigenvalue weighted by Crippen LogP contribution is -2.54. The molecule has 1 rings (SSSR count). The first-order valence-corrected chi connectivity index (χ1v) is 4.41. The van der Waals surface area contributed by atoms with Crippen LogP contribution in [0.2, 0.25) is 0 Å². The van der Waals surface area contributed by atoms with Gasteiger partial charge in [-0.1, -0.05) is 0 Å². The van der Waals surface area contributed by atoms with Crippen molar-refractivity contribution in [1.29, 1.82) is 0 Å². The highest BCUT2D eigenvalue weighted by molar-refractivity contribution is 7.79. The Bertz CT molecular complexity index is 185. The second kappa shape index (κ2) is 3.77. The van der Waals surface area contributed by atoms with Gasteiger partial charge < -0.3 is 24.6 Å². The third-order valence-corrected chi connectivity index (χ3v) is 2.44. The number of aliphatic hydroxyl groups is 3. The van der Waals surface area contributed by atoms with Crippen molar-refractivity contribution >= 4 is 11.1 Å². The minimum Gasteiger partial charge on any atom is -0.770 e. The molecule has 0 aromatic carbocycles. The van der Waals surface area contributed by atoms with E-state index in [1.54, 1.807) is 0 Å². The number of hydrogen-bond acceptors (Lipinski definition) is 6. The molecule has 0 aliphatic carbocycles. The summed E-state index contributed by atoms with van der Waals surface area (Å²) in [7, 11) is 0. The van der Waals surface area contributed by atoms with E-state index in [0.29, 0.717) is 0 Å². The van der Waals surface area contributed by atoms with Gasteiger partial charge in [0.25, 0.3) is 0 Å². The van der Waals surface area contributed by atoms with Gasteiger partial charge in [0.1, 0.15) is 23.7 Å². The van der Waals surface area contributed by atoms with Crippen molar-refractivity contribution in [2.45, 2.75) is 23.7 Å². The van der Waals surface area contributed by atoms with Crippen LogP contribution in [0.5, 0.6) is 0 Å². The minimum atomic E-state index is -2.61. The molecule has 2 unspecified atom stereocenters. The molecule has 1 aliphatic rings. The summed E-state index contributed by atoms with van der Waals surface area (Å²) >= 11 is -2.61. The molecule has 0 saturated carbocycles. The van der Waals surface area contributed by atoms with Gasteiger partial charge in [0.2, 0.25) is 0 Å². The van der Waals surface area contributed by atoms with E-state index < -0.39 is 34.8 Å². The maximum Gasteiger partial charge on any atom is 0.147 e. The molecular formula is C5H9O6S-. The summed E-state index contributed by atoms with van der Waals surface area (Å²) in [6.45, 7) is -0.295. The molecule has 0 aromatic rings. The van der Waals surface area contributed by atoms with Gasteiger partial charge in [-0.25, -0.2) is 0 Å². The fraction of sp³-hybridized carbons (Fsp3) is 1.00. The van der Waals surface area contributed by atoms with E-state index in [-0.39, 0.29) is 6.61 Å². The molecule has 0 amide bonds. The summed E-state index contributed by atoms with van der Waals surface area (Å²) in [5.41, 5.74) is -1.46. The van der Waals surface area contributed by atoms with E-state index in [1.807, 2.05) is 0 Å². The van der Waals surface area contributed by atoms with Crippen LogP contribution < -0.4 is 0 Å². The third kappa shape index (κ3) is 1.82. The Morgan fingerprint density at radius 2 is 1.92 bits per heavy atom. The van der Waals surface area contributed by atoms with Crippen LogP contribution in [0.3, 0.4) is 0 Å². The van der Waals surface area contributed by atoms with Crippen molar-refractivity contribution in [3.8, 4) is 0 Å². The Kier molecular flexibility index (Phi) is 3.16. The molecule has 72 valence electrons. The van der Waals surface area contributed by atoms with Crippen LogP contribution in [-0.2, 0) is 15.8 Å². The van der Waals surface area contributed by atoms with Crippen LogP contribution in [0.1, 0.15) is 0 Å². The zero-order valence-corrected chi connectivity index (χ0v) is 6.81. The zero-order valence-electron chi connectivity index (χ0n) is 5.99. The van der Waals surface area contributed by atoms with Gasteiger partial charge in [0, 0.05) is 0 Å². The fourth-order valence-electron chi connectivity index (χ4n) is 0.949. The van der Waals surface area contributed by atoms with Gasteiger partial charge >= 0.3 is 0 Å². The molecular weight excluding hydrogens is 188 g/mol. The Morgan fingerprint density at radius 3 is 2.42 bits per heavy atom. The molecule has 12 heavy (non-hydrogen) atoms. The summed E-state index contributed by atoms with van der Waals surface area (Å²) in [5.74, 6) is 0. The van der Waals surface area contributed by atoms with Crippen LogP contribution >= 0.6 is 0 Å². The lowest BCUT2D eigenvalue weighted by atomic mass is 10.1. The average Bonchev–Trinajstić information content (AvgIpc) is 2.00. The van der Waals surface area contributed by atoms with Crippen molar-refractivity contribution in [1.82, 2.24) is 0 Å². The maximum absolute atomic E-state index is 10.3. The molecule has 1 heterocycles. The Hall–Kier alpha value is -0.0500. The van der Waals surface area contributed by atoms with Crippen LogP contribution in [-0.4, -0.2) is 54.4 Å². The number of hydrogen-bond donors (Lipinski definition) is 3. The van der Waals surface area contributed by atoms with E-state index in [2.05, 4.69) is 4.74 Å². The topological polar surface area (TPSA) is 110 Å². The fourth-order valence-corrected chi connectivity index (χ4v) is 1.53. The lowest BCUT2D eigenvalue weighted by Gasteiger charge is -2.35. The van der Waals surface area contributed by atoms with Crippen LogP contribution in [0.15, 0.2) is 0 Å². The van der Waals surface area contributed by atoms with Gasteiger partial charge in [0.15, 0.2) is 0 Å². The van der Waals surface area contributed by atoms with E-state index in [1.165, 1.54) is 0 Å². The second-order valence-electron chi connectivity index (χ2n) is 2.51. The summed E-state index contributed by atoms with van der Waals surface area (Å²) in [5, 5.41) is 27.0. The van der Waals surface area contributed by atoms with Crippen molar-refractivity contribution in [3.05, 3.63) is 0 Å². The maximum atomic E-state index is 10.3. The van der Waals surface area contributed by atoms with E-state index in [0.717, 1.165) is 0 Å². The molecule has 1 aliphatic heterocycles. The number of aliphatic hydroxyl groups excluding tert-OH is 3. The molecule has 3 N–H and O–H groups in total. The SMILES string of the molecule is O=S([O-])C1OC[C@@H](O)[C@H](O)[C@@H]1O. The van der Waals surface area contributed by atoms with Gasteiger partial charge in [-0.2, -0.15) is 0 Å². The summed E-state index contributed by atoms with van der Waals surface area (Å²) in [6, 6.07) is 0. The number of ether oxygens (including phenoxy) is 1. The first-order valence-electron chi connectivity index (χ1n) is 3.28. The predicted octanol–water partition coefficient (Wildman–Crippen LogP) is -2.70. The average molecular weight is 197 g/mol. The Balaban J connectivity index is 2.65. The second-order valence-corrected chi connectivity index (χ2v) is 3.50. The molecule has 0 radical (unpaired) electrons. The molecule has 7 heteroatoms. The van der Waals surface area contributed by atoms with Gasteiger partial charge in [-0.15, -0.1) is 0 Å². The zero-order chi connectivity index (χ0) is 9.30. The molecule has 6 nitrogen and oxygen atoms in total. The molecule has 0 spiro atoms. The highest BCUT2D eigenvalue weighted by Crippen LogP contribution is 2.16. The van der Waals surface area contributed by atoms with Gasteiger partial charge in [-0.05, 0) is 11.1 Å². The Morgan fingerprint density at radius 1 is 1.33 bits per heavy atom. The molecule has 0 aromatic heterocycles. The monoisotopic (exact) mass is 197 g/mol. The quantitative estimate of drug-likeness (QED) is 0.395. The van der Waals surface area contributed by atoms with E-state index in [9.17, 15) is 8.76 Å². The molecule has 1 saturated heterocycles. The first-order chi connectivity index (χ1) is 5.54. The largest absolute Gasteiger partial charge is 0.770 e. The molecule has 5 atom stereocenters. The number of rotatable bonds is 1. The van der Waals surface area contributed by atoms with E-state index in [4.69, 9.17) is 15.3 Å².